The second kappa shape index (κ2) is 5.71. The second-order valence-corrected chi connectivity index (χ2v) is 3.91. The van der Waals surface area contributed by atoms with E-state index in [1.807, 2.05) is 0 Å². The third-order valence-corrected chi connectivity index (χ3v) is 2.74. The molecule has 1 rings (SSSR count). The monoisotopic (exact) mass is 261 g/mol. The van der Waals surface area contributed by atoms with Crippen molar-refractivity contribution in [2.75, 3.05) is 6.61 Å². The summed E-state index contributed by atoms with van der Waals surface area (Å²) in [6.07, 6.45) is -3.37. The molecule has 3 N–H and O–H groups in total. The summed E-state index contributed by atoms with van der Waals surface area (Å²) in [5.41, 5.74) is -0.250. The first-order valence-corrected chi connectivity index (χ1v) is 5.56. The number of aromatic carboxylic acids is 1. The van der Waals surface area contributed by atoms with Crippen LogP contribution in [0.4, 0.5) is 0 Å². The molecule has 1 heterocycles. The van der Waals surface area contributed by atoms with Gasteiger partial charge in [-0.15, -0.1) is 11.3 Å². The normalized spacial score (nSPS) is 14.1. The summed E-state index contributed by atoms with van der Waals surface area (Å²) in [6, 6.07) is 0. The number of hydrogen-bond donors (Lipinski definition) is 3. The van der Waals surface area contributed by atoms with E-state index in [0.717, 1.165) is 11.3 Å². The van der Waals surface area contributed by atoms with Crippen molar-refractivity contribution in [3.05, 3.63) is 16.1 Å². The fourth-order valence-corrected chi connectivity index (χ4v) is 1.82. The molecular weight excluding hydrogens is 250 g/mol. The molecular formula is C9H11NO6S. The Bertz CT molecular complexity index is 417. The van der Waals surface area contributed by atoms with Gasteiger partial charge in [-0.25, -0.2) is 14.6 Å². The number of hydrogen-bond acceptors (Lipinski definition) is 7. The van der Waals surface area contributed by atoms with Crippen molar-refractivity contribution in [1.29, 1.82) is 0 Å². The number of esters is 1. The van der Waals surface area contributed by atoms with Crippen molar-refractivity contribution in [2.24, 2.45) is 0 Å². The van der Waals surface area contributed by atoms with Gasteiger partial charge in [0.1, 0.15) is 11.1 Å². The third-order valence-electron chi connectivity index (χ3n) is 1.82. The quantitative estimate of drug-likeness (QED) is 0.628. The van der Waals surface area contributed by atoms with Crippen LogP contribution in [0.15, 0.2) is 5.38 Å². The van der Waals surface area contributed by atoms with E-state index in [1.54, 1.807) is 6.92 Å². The first kappa shape index (κ1) is 13.6. The Morgan fingerprint density at radius 3 is 2.65 bits per heavy atom. The van der Waals surface area contributed by atoms with Gasteiger partial charge in [0, 0.05) is 5.38 Å². The number of aliphatic hydroxyl groups is 2. The predicted octanol–water partition coefficient (Wildman–Crippen LogP) is -0.201. The summed E-state index contributed by atoms with van der Waals surface area (Å²) in [5.74, 6) is -2.22. The molecule has 1 aromatic rings. The van der Waals surface area contributed by atoms with Gasteiger partial charge in [-0.05, 0) is 6.92 Å². The van der Waals surface area contributed by atoms with E-state index < -0.39 is 24.1 Å². The molecule has 2 unspecified atom stereocenters. The van der Waals surface area contributed by atoms with Crippen LogP contribution in [0, 0.1) is 0 Å². The van der Waals surface area contributed by atoms with Crippen LogP contribution in [0.25, 0.3) is 0 Å². The topological polar surface area (TPSA) is 117 Å². The highest BCUT2D eigenvalue weighted by Gasteiger charge is 2.29. The van der Waals surface area contributed by atoms with Gasteiger partial charge >= 0.3 is 11.9 Å². The van der Waals surface area contributed by atoms with Crippen molar-refractivity contribution >= 4 is 23.3 Å². The van der Waals surface area contributed by atoms with Gasteiger partial charge < -0.3 is 20.1 Å². The second-order valence-electron chi connectivity index (χ2n) is 3.02. The average Bonchev–Trinajstić information content (AvgIpc) is 2.76. The molecule has 8 heteroatoms. The highest BCUT2D eigenvalue weighted by atomic mass is 32.1. The van der Waals surface area contributed by atoms with E-state index in [2.05, 4.69) is 9.72 Å². The number of carbonyl (C=O) groups excluding carboxylic acids is 1. The van der Waals surface area contributed by atoms with Gasteiger partial charge in [-0.1, -0.05) is 0 Å². The lowest BCUT2D eigenvalue weighted by molar-refractivity contribution is -0.159. The van der Waals surface area contributed by atoms with E-state index in [0.29, 0.717) is 0 Å². The number of rotatable bonds is 5. The Hall–Kier alpha value is -1.51. The summed E-state index contributed by atoms with van der Waals surface area (Å²) in [5, 5.41) is 28.8. The molecule has 0 bridgehead atoms. The number of aromatic nitrogens is 1. The molecule has 7 nitrogen and oxygen atoms in total. The van der Waals surface area contributed by atoms with E-state index in [9.17, 15) is 19.8 Å². The summed E-state index contributed by atoms with van der Waals surface area (Å²) in [7, 11) is 0. The maximum Gasteiger partial charge on any atom is 0.355 e. The first-order valence-electron chi connectivity index (χ1n) is 4.68. The Morgan fingerprint density at radius 1 is 1.53 bits per heavy atom. The van der Waals surface area contributed by atoms with E-state index >= 15 is 0 Å². The third kappa shape index (κ3) is 3.22. The molecule has 0 aromatic carbocycles. The van der Waals surface area contributed by atoms with Crippen LogP contribution in [0.2, 0.25) is 0 Å². The predicted molar refractivity (Wildman–Crippen MR) is 56.7 cm³/mol. The lowest BCUT2D eigenvalue weighted by Crippen LogP contribution is -2.29. The average molecular weight is 261 g/mol. The molecule has 0 aliphatic carbocycles. The molecule has 0 aliphatic heterocycles. The summed E-state index contributed by atoms with van der Waals surface area (Å²) in [6.45, 7) is 1.63. The van der Waals surface area contributed by atoms with Crippen molar-refractivity contribution in [3.63, 3.8) is 0 Å². The summed E-state index contributed by atoms with van der Waals surface area (Å²) < 4.78 is 4.51. The summed E-state index contributed by atoms with van der Waals surface area (Å²) >= 11 is 0.840. The van der Waals surface area contributed by atoms with Crippen molar-refractivity contribution in [1.82, 2.24) is 4.98 Å². The zero-order chi connectivity index (χ0) is 13.0. The standard InChI is InChI=1S/C9H11NO6S/c1-2-16-9(15)6(12)5(11)7-10-4(3-17-7)8(13)14/h3,5-6,11-12H,2H2,1H3,(H,13,14). The fraction of sp³-hybridized carbons (Fsp3) is 0.444. The van der Waals surface area contributed by atoms with Crippen LogP contribution >= 0.6 is 11.3 Å². The van der Waals surface area contributed by atoms with Crippen molar-refractivity contribution < 1.29 is 29.6 Å². The van der Waals surface area contributed by atoms with Gasteiger partial charge in [-0.2, -0.15) is 0 Å². The maximum absolute atomic E-state index is 11.1. The van der Waals surface area contributed by atoms with Gasteiger partial charge in [0.05, 0.1) is 6.61 Å². The zero-order valence-electron chi connectivity index (χ0n) is 8.86. The Kier molecular flexibility index (Phi) is 4.55. The lowest BCUT2D eigenvalue weighted by atomic mass is 10.2. The number of carbonyl (C=O) groups is 2. The number of ether oxygens (including phenoxy) is 1. The molecule has 1 aromatic heterocycles. The van der Waals surface area contributed by atoms with Gasteiger partial charge in [0.15, 0.2) is 11.8 Å². The van der Waals surface area contributed by atoms with Crippen LogP contribution in [-0.2, 0) is 9.53 Å². The molecule has 0 fully saturated rings. The zero-order valence-corrected chi connectivity index (χ0v) is 9.68. The minimum absolute atomic E-state index is 0.0528. The van der Waals surface area contributed by atoms with Gasteiger partial charge in [0.2, 0.25) is 0 Å². The Morgan fingerprint density at radius 2 is 2.18 bits per heavy atom. The highest BCUT2D eigenvalue weighted by Crippen LogP contribution is 2.22. The molecule has 0 amide bonds. The van der Waals surface area contributed by atoms with Crippen molar-refractivity contribution in [2.45, 2.75) is 19.1 Å². The SMILES string of the molecule is CCOC(=O)C(O)C(O)c1nc(C(=O)O)cs1. The summed E-state index contributed by atoms with van der Waals surface area (Å²) in [4.78, 5) is 25.3. The van der Waals surface area contributed by atoms with Crippen LogP contribution in [0.1, 0.15) is 28.5 Å². The van der Waals surface area contributed by atoms with E-state index in [1.165, 1.54) is 5.38 Å². The molecule has 0 saturated heterocycles. The number of aliphatic hydroxyl groups excluding tert-OH is 2. The minimum atomic E-state index is -1.78. The van der Waals surface area contributed by atoms with Crippen LogP contribution in [0.5, 0.6) is 0 Å². The number of nitrogens with zero attached hydrogens (tertiary/aromatic N) is 1. The molecule has 2 atom stereocenters. The molecule has 0 aliphatic rings. The smallest absolute Gasteiger partial charge is 0.355 e. The van der Waals surface area contributed by atoms with Gasteiger partial charge in [-0.3, -0.25) is 0 Å². The number of thiazole rings is 1. The maximum atomic E-state index is 11.1. The Balaban J connectivity index is 2.77. The highest BCUT2D eigenvalue weighted by molar-refractivity contribution is 7.09. The largest absolute Gasteiger partial charge is 0.476 e. The van der Waals surface area contributed by atoms with Crippen molar-refractivity contribution in [3.8, 4) is 0 Å². The Labute approximate surface area is 100 Å². The van der Waals surface area contributed by atoms with Crippen LogP contribution < -0.4 is 0 Å². The number of carboxylic acid groups (broad SMARTS) is 1. The molecule has 94 valence electrons. The first-order chi connectivity index (χ1) is 7.97. The van der Waals surface area contributed by atoms with E-state index in [-0.39, 0.29) is 17.3 Å². The van der Waals surface area contributed by atoms with E-state index in [4.69, 9.17) is 5.11 Å². The lowest BCUT2D eigenvalue weighted by Gasteiger charge is -2.13. The van der Waals surface area contributed by atoms with Gasteiger partial charge in [0.25, 0.3) is 0 Å². The number of carboxylic acids is 1. The fourth-order valence-electron chi connectivity index (χ4n) is 1.01. The molecule has 0 radical (unpaired) electrons. The molecule has 17 heavy (non-hydrogen) atoms. The minimum Gasteiger partial charge on any atom is -0.476 e. The molecule has 0 spiro atoms. The van der Waals surface area contributed by atoms with Crippen LogP contribution in [-0.4, -0.2) is 45.0 Å². The molecule has 0 saturated carbocycles. The van der Waals surface area contributed by atoms with Crippen LogP contribution in [0.3, 0.4) is 0 Å².